The van der Waals surface area contributed by atoms with Crippen LogP contribution in [0.25, 0.3) is 0 Å². The predicted octanol–water partition coefficient (Wildman–Crippen LogP) is 5.52. The predicted molar refractivity (Wildman–Crippen MR) is 121 cm³/mol. The van der Waals surface area contributed by atoms with Gasteiger partial charge in [-0.05, 0) is 48.2 Å². The van der Waals surface area contributed by atoms with Crippen molar-refractivity contribution >= 4 is 27.9 Å². The standard InChI is InChI=1S/C24H23BrF4N2O4/c25-20-9-15(26)3-2-14(20)12-30-23(34)31-16-4-5-17(31)11-18(10-16)35-21-6-1-13(8-22(32)33)7-19(21)24(27,28)29/h1-3,6-7,9,16-18H,4-5,8,10-12H2,(H,30,34)(H,32,33)/t16-,17-/m0/s1. The van der Waals surface area contributed by atoms with Gasteiger partial charge < -0.3 is 20.1 Å². The molecule has 2 bridgehead atoms. The number of piperidine rings is 1. The molecule has 188 valence electrons. The number of carbonyl (C=O) groups excluding carboxylic acids is 1. The fourth-order valence-corrected chi connectivity index (χ4v) is 5.34. The van der Waals surface area contributed by atoms with Gasteiger partial charge in [0.05, 0.1) is 12.0 Å². The summed E-state index contributed by atoms with van der Waals surface area (Å²) in [5.41, 5.74) is -0.249. The highest BCUT2D eigenvalue weighted by Crippen LogP contribution is 2.41. The minimum atomic E-state index is -4.70. The first-order chi connectivity index (χ1) is 16.5. The van der Waals surface area contributed by atoms with Gasteiger partial charge in [0.25, 0.3) is 0 Å². The highest BCUT2D eigenvalue weighted by molar-refractivity contribution is 9.10. The molecular formula is C24H23BrF4N2O4. The third-order valence-electron chi connectivity index (χ3n) is 6.37. The molecule has 0 radical (unpaired) electrons. The summed E-state index contributed by atoms with van der Waals surface area (Å²) in [6.45, 7) is 0.202. The smallest absolute Gasteiger partial charge is 0.419 e. The van der Waals surface area contributed by atoms with Crippen LogP contribution in [0.2, 0.25) is 0 Å². The summed E-state index contributed by atoms with van der Waals surface area (Å²) in [6, 6.07) is 6.89. The molecule has 2 aliphatic rings. The molecule has 6 nitrogen and oxygen atoms in total. The number of aliphatic carboxylic acids is 1. The number of carboxylic acids is 1. The van der Waals surface area contributed by atoms with Crippen LogP contribution in [0, 0.1) is 5.82 Å². The minimum Gasteiger partial charge on any atom is -0.490 e. The fraction of sp³-hybridized carbons (Fsp3) is 0.417. The number of carbonyl (C=O) groups is 2. The van der Waals surface area contributed by atoms with Gasteiger partial charge in [-0.15, -0.1) is 0 Å². The molecular weight excluding hydrogens is 536 g/mol. The van der Waals surface area contributed by atoms with Gasteiger partial charge in [0, 0.05) is 35.9 Å². The van der Waals surface area contributed by atoms with Crippen molar-refractivity contribution in [1.82, 2.24) is 10.2 Å². The summed E-state index contributed by atoms with van der Waals surface area (Å²) in [6.07, 6.45) is -3.50. The average Bonchev–Trinajstić information content (AvgIpc) is 3.03. The van der Waals surface area contributed by atoms with Gasteiger partial charge in [-0.1, -0.05) is 28.1 Å². The van der Waals surface area contributed by atoms with Crippen LogP contribution >= 0.6 is 15.9 Å². The number of nitrogens with zero attached hydrogens (tertiary/aromatic N) is 1. The van der Waals surface area contributed by atoms with Gasteiger partial charge in [0.1, 0.15) is 17.7 Å². The first-order valence-corrected chi connectivity index (χ1v) is 11.9. The molecule has 2 heterocycles. The molecule has 0 unspecified atom stereocenters. The Hall–Kier alpha value is -2.82. The van der Waals surface area contributed by atoms with Gasteiger partial charge in [-0.2, -0.15) is 13.2 Å². The third-order valence-corrected chi connectivity index (χ3v) is 7.11. The number of carboxylic acid groups (broad SMARTS) is 1. The van der Waals surface area contributed by atoms with E-state index in [0.29, 0.717) is 17.3 Å². The maximum Gasteiger partial charge on any atom is 0.419 e. The summed E-state index contributed by atoms with van der Waals surface area (Å²) >= 11 is 3.27. The number of amides is 2. The van der Waals surface area contributed by atoms with E-state index < -0.39 is 36.1 Å². The van der Waals surface area contributed by atoms with E-state index in [1.54, 1.807) is 11.0 Å². The van der Waals surface area contributed by atoms with Crippen molar-refractivity contribution in [3.63, 3.8) is 0 Å². The van der Waals surface area contributed by atoms with Crippen LogP contribution in [-0.2, 0) is 23.9 Å². The fourth-order valence-electron chi connectivity index (χ4n) is 4.85. The second kappa shape index (κ2) is 10.0. The molecule has 2 N–H and O–H groups in total. The molecule has 2 saturated heterocycles. The van der Waals surface area contributed by atoms with Crippen molar-refractivity contribution in [2.75, 3.05) is 0 Å². The SMILES string of the molecule is O=C(O)Cc1ccc(OC2C[C@@H]3CC[C@@H](C2)N3C(=O)NCc2ccc(F)cc2Br)c(C(F)(F)F)c1. The zero-order chi connectivity index (χ0) is 25.3. The molecule has 35 heavy (non-hydrogen) atoms. The average molecular weight is 559 g/mol. The molecule has 4 rings (SSSR count). The Kier molecular flexibility index (Phi) is 7.25. The lowest BCUT2D eigenvalue weighted by atomic mass is 9.99. The Morgan fingerprint density at radius 1 is 1.11 bits per heavy atom. The molecule has 2 aliphatic heterocycles. The maximum atomic E-state index is 13.6. The van der Waals surface area contributed by atoms with Crippen LogP contribution in [0.15, 0.2) is 40.9 Å². The Morgan fingerprint density at radius 2 is 1.80 bits per heavy atom. The third kappa shape index (κ3) is 5.88. The molecule has 0 saturated carbocycles. The Balaban J connectivity index is 1.41. The van der Waals surface area contributed by atoms with Crippen molar-refractivity contribution in [2.24, 2.45) is 0 Å². The summed E-state index contributed by atoms with van der Waals surface area (Å²) in [7, 11) is 0. The van der Waals surface area contributed by atoms with E-state index in [1.807, 2.05) is 0 Å². The van der Waals surface area contributed by atoms with Crippen molar-refractivity contribution < 1.29 is 37.0 Å². The first-order valence-electron chi connectivity index (χ1n) is 11.1. The highest BCUT2D eigenvalue weighted by Gasteiger charge is 2.45. The van der Waals surface area contributed by atoms with Gasteiger partial charge in [0.15, 0.2) is 0 Å². The van der Waals surface area contributed by atoms with Crippen molar-refractivity contribution in [1.29, 1.82) is 0 Å². The molecule has 2 atom stereocenters. The molecule has 2 aromatic rings. The zero-order valence-electron chi connectivity index (χ0n) is 18.4. The number of benzene rings is 2. The minimum absolute atomic E-state index is 0.0385. The van der Waals surface area contributed by atoms with E-state index in [0.717, 1.165) is 24.5 Å². The van der Waals surface area contributed by atoms with Crippen molar-refractivity contribution in [3.8, 4) is 5.75 Å². The number of ether oxygens (including phenoxy) is 1. The first kappa shape index (κ1) is 25.3. The number of nitrogens with one attached hydrogen (secondary N) is 1. The maximum absolute atomic E-state index is 13.6. The molecule has 0 spiro atoms. The molecule has 11 heteroatoms. The van der Waals surface area contributed by atoms with Gasteiger partial charge in [0.2, 0.25) is 0 Å². The van der Waals surface area contributed by atoms with Crippen LogP contribution in [-0.4, -0.2) is 40.2 Å². The number of alkyl halides is 3. The number of halogens is 5. The summed E-state index contributed by atoms with van der Waals surface area (Å²) in [5.74, 6) is -1.95. The Labute approximate surface area is 207 Å². The quantitative estimate of drug-likeness (QED) is 0.458. The molecule has 0 aliphatic carbocycles. The highest BCUT2D eigenvalue weighted by atomic mass is 79.9. The summed E-state index contributed by atoms with van der Waals surface area (Å²) in [5, 5.41) is 11.7. The lowest BCUT2D eigenvalue weighted by molar-refractivity contribution is -0.140. The van der Waals surface area contributed by atoms with Crippen LogP contribution < -0.4 is 10.1 Å². The number of hydrogen-bond donors (Lipinski definition) is 2. The Bertz CT molecular complexity index is 1110. The van der Waals surface area contributed by atoms with Crippen molar-refractivity contribution in [3.05, 3.63) is 63.4 Å². The van der Waals surface area contributed by atoms with Crippen LogP contribution in [0.4, 0.5) is 22.4 Å². The number of fused-ring (bicyclic) bond motifs is 2. The summed E-state index contributed by atoms with van der Waals surface area (Å²) < 4.78 is 60.4. The molecule has 0 aromatic heterocycles. The number of rotatable bonds is 6. The monoisotopic (exact) mass is 558 g/mol. The van der Waals surface area contributed by atoms with Crippen LogP contribution in [0.1, 0.15) is 42.4 Å². The van der Waals surface area contributed by atoms with E-state index in [2.05, 4.69) is 21.2 Å². The van der Waals surface area contributed by atoms with E-state index >= 15 is 0 Å². The lowest BCUT2D eigenvalue weighted by Crippen LogP contribution is -2.52. The Morgan fingerprint density at radius 3 is 2.40 bits per heavy atom. The number of urea groups is 1. The molecule has 2 fully saturated rings. The van der Waals surface area contributed by atoms with Crippen LogP contribution in [0.5, 0.6) is 5.75 Å². The van der Waals surface area contributed by atoms with E-state index in [-0.39, 0.29) is 36.0 Å². The number of hydrogen-bond acceptors (Lipinski definition) is 3. The lowest BCUT2D eigenvalue weighted by Gasteiger charge is -2.39. The van der Waals surface area contributed by atoms with Gasteiger partial charge in [-0.3, -0.25) is 4.79 Å². The van der Waals surface area contributed by atoms with E-state index in [4.69, 9.17) is 9.84 Å². The largest absolute Gasteiger partial charge is 0.490 e. The second-order valence-electron chi connectivity index (χ2n) is 8.80. The zero-order valence-corrected chi connectivity index (χ0v) is 20.0. The van der Waals surface area contributed by atoms with Crippen LogP contribution in [0.3, 0.4) is 0 Å². The summed E-state index contributed by atoms with van der Waals surface area (Å²) in [4.78, 5) is 25.5. The molecule has 2 amide bonds. The van der Waals surface area contributed by atoms with Crippen molar-refractivity contribution in [2.45, 2.75) is 63.0 Å². The van der Waals surface area contributed by atoms with E-state index in [9.17, 15) is 27.2 Å². The van der Waals surface area contributed by atoms with Gasteiger partial charge >= 0.3 is 18.2 Å². The van der Waals surface area contributed by atoms with E-state index in [1.165, 1.54) is 24.3 Å². The second-order valence-corrected chi connectivity index (χ2v) is 9.65. The van der Waals surface area contributed by atoms with Gasteiger partial charge in [-0.25, -0.2) is 9.18 Å². The normalized spacial score (nSPS) is 21.6. The molecule has 2 aromatic carbocycles. The topological polar surface area (TPSA) is 78.9 Å².